The fourth-order valence-corrected chi connectivity index (χ4v) is 5.44. The molecule has 1 atom stereocenters. The zero-order valence-corrected chi connectivity index (χ0v) is 21.3. The average molecular weight is 519 g/mol. The van der Waals surface area contributed by atoms with Crippen LogP contribution in [0, 0.1) is 6.92 Å². The first-order valence-corrected chi connectivity index (χ1v) is 12.7. The van der Waals surface area contributed by atoms with Gasteiger partial charge in [-0.25, -0.2) is 4.98 Å². The number of fused-ring (bicyclic) bond motifs is 1. The molecule has 1 fully saturated rings. The number of rotatable bonds is 6. The van der Waals surface area contributed by atoms with Crippen LogP contribution in [-0.4, -0.2) is 28.4 Å². The Kier molecular flexibility index (Phi) is 6.51. The second-order valence-electron chi connectivity index (χ2n) is 8.56. The van der Waals surface area contributed by atoms with Crippen LogP contribution in [0.1, 0.15) is 36.1 Å². The van der Waals surface area contributed by atoms with Crippen molar-refractivity contribution in [3.05, 3.63) is 94.0 Å². The molecule has 0 bridgehead atoms. The minimum Gasteiger partial charge on any atom is -0.507 e. The maximum atomic E-state index is 13.4. The van der Waals surface area contributed by atoms with Crippen LogP contribution in [0.25, 0.3) is 16.0 Å². The van der Waals surface area contributed by atoms with Gasteiger partial charge in [0.1, 0.15) is 11.5 Å². The van der Waals surface area contributed by atoms with Gasteiger partial charge in [-0.3, -0.25) is 14.5 Å². The van der Waals surface area contributed by atoms with E-state index >= 15 is 0 Å². The van der Waals surface area contributed by atoms with Crippen molar-refractivity contribution in [3.63, 3.8) is 0 Å². The van der Waals surface area contributed by atoms with Crippen LogP contribution in [0.5, 0.6) is 5.75 Å². The second kappa shape index (κ2) is 9.76. The topological polar surface area (TPSA) is 79.7 Å². The molecule has 1 N–H and O–H groups in total. The molecule has 2 heterocycles. The number of carbonyl (C=O) groups excluding carboxylic acids is 2. The minimum absolute atomic E-state index is 0.0170. The third kappa shape index (κ3) is 4.36. The second-order valence-corrected chi connectivity index (χ2v) is 10.0. The molecule has 5 rings (SSSR count). The van der Waals surface area contributed by atoms with Crippen LogP contribution in [0.4, 0.5) is 5.13 Å². The summed E-state index contributed by atoms with van der Waals surface area (Å²) >= 11 is 7.42. The predicted molar refractivity (Wildman–Crippen MR) is 143 cm³/mol. The number of aliphatic hydroxyl groups is 1. The summed E-state index contributed by atoms with van der Waals surface area (Å²) in [5, 5.41) is 12.2. The lowest BCUT2D eigenvalue weighted by Gasteiger charge is -2.23. The summed E-state index contributed by atoms with van der Waals surface area (Å²) < 4.78 is 6.49. The van der Waals surface area contributed by atoms with Crippen LogP contribution >= 0.6 is 22.9 Å². The first kappa shape index (κ1) is 24.0. The number of amides is 1. The molecule has 8 heteroatoms. The van der Waals surface area contributed by atoms with E-state index in [1.165, 1.54) is 16.2 Å². The number of benzene rings is 3. The van der Waals surface area contributed by atoms with Crippen LogP contribution in [0.3, 0.4) is 0 Å². The molecule has 1 aliphatic heterocycles. The van der Waals surface area contributed by atoms with Gasteiger partial charge in [-0.1, -0.05) is 71.8 Å². The number of ketones is 1. The lowest BCUT2D eigenvalue weighted by Crippen LogP contribution is -2.29. The number of Topliss-reactive ketones (excluding diaryl/α,β-unsaturated/α-hetero) is 1. The highest BCUT2D eigenvalue weighted by atomic mass is 35.5. The standard InChI is InChI=1S/C28H23ClN2O4S/c1-3-14-35-20-11-8-17(9-12-20)24-23(25(32)18-6-4-16(2)5-7-18)26(33)27(34)31(24)28-30-21-13-10-19(29)15-22(21)36-28/h4-13,15,24,32H,3,14H2,1-2H3. The molecule has 4 aromatic rings. The molecule has 6 nitrogen and oxygen atoms in total. The van der Waals surface area contributed by atoms with Gasteiger partial charge in [0.2, 0.25) is 0 Å². The molecular weight excluding hydrogens is 496 g/mol. The fraction of sp³-hybridized carbons (Fsp3) is 0.179. The number of anilines is 1. The molecule has 0 radical (unpaired) electrons. The SMILES string of the molecule is CCCOc1ccc(C2C(=C(O)c3ccc(C)cc3)C(=O)C(=O)N2c2nc3ccc(Cl)cc3s2)cc1. The molecule has 1 aromatic heterocycles. The van der Waals surface area contributed by atoms with Crippen molar-refractivity contribution in [2.45, 2.75) is 26.3 Å². The number of ether oxygens (including phenoxy) is 1. The van der Waals surface area contributed by atoms with E-state index in [2.05, 4.69) is 4.98 Å². The average Bonchev–Trinajstić information content (AvgIpc) is 3.40. The van der Waals surface area contributed by atoms with Gasteiger partial charge < -0.3 is 9.84 Å². The smallest absolute Gasteiger partial charge is 0.301 e. The maximum absolute atomic E-state index is 13.4. The zero-order chi connectivity index (χ0) is 25.4. The zero-order valence-electron chi connectivity index (χ0n) is 19.7. The van der Waals surface area contributed by atoms with Gasteiger partial charge in [-0.2, -0.15) is 0 Å². The van der Waals surface area contributed by atoms with E-state index in [9.17, 15) is 14.7 Å². The van der Waals surface area contributed by atoms with Gasteiger partial charge in [0.25, 0.3) is 5.78 Å². The highest BCUT2D eigenvalue weighted by Gasteiger charge is 2.48. The molecule has 36 heavy (non-hydrogen) atoms. The largest absolute Gasteiger partial charge is 0.507 e. The van der Waals surface area contributed by atoms with E-state index < -0.39 is 17.7 Å². The number of thiazole rings is 1. The Morgan fingerprint density at radius 1 is 1.08 bits per heavy atom. The van der Waals surface area contributed by atoms with Crippen molar-refractivity contribution in [2.75, 3.05) is 11.5 Å². The van der Waals surface area contributed by atoms with E-state index in [4.69, 9.17) is 16.3 Å². The highest BCUT2D eigenvalue weighted by Crippen LogP contribution is 2.44. The van der Waals surface area contributed by atoms with E-state index in [0.29, 0.717) is 39.2 Å². The Bertz CT molecular complexity index is 1490. The van der Waals surface area contributed by atoms with Gasteiger partial charge in [0.15, 0.2) is 5.13 Å². The summed E-state index contributed by atoms with van der Waals surface area (Å²) in [6.07, 6.45) is 0.875. The van der Waals surface area contributed by atoms with Crippen molar-refractivity contribution in [1.29, 1.82) is 0 Å². The Hall–Kier alpha value is -3.68. The van der Waals surface area contributed by atoms with Crippen molar-refractivity contribution < 1.29 is 19.4 Å². The Labute approximate surface area is 217 Å². The summed E-state index contributed by atoms with van der Waals surface area (Å²) in [6.45, 7) is 4.54. The lowest BCUT2D eigenvalue weighted by molar-refractivity contribution is -0.132. The Morgan fingerprint density at radius 2 is 1.81 bits per heavy atom. The van der Waals surface area contributed by atoms with Crippen molar-refractivity contribution in [2.24, 2.45) is 0 Å². The van der Waals surface area contributed by atoms with Crippen LogP contribution in [-0.2, 0) is 9.59 Å². The summed E-state index contributed by atoms with van der Waals surface area (Å²) in [6, 6.07) is 18.8. The van der Waals surface area contributed by atoms with Gasteiger partial charge in [-0.15, -0.1) is 0 Å². The number of carbonyl (C=O) groups is 2. The Morgan fingerprint density at radius 3 is 2.50 bits per heavy atom. The predicted octanol–water partition coefficient (Wildman–Crippen LogP) is 6.67. The molecule has 1 aliphatic rings. The molecule has 0 spiro atoms. The van der Waals surface area contributed by atoms with E-state index in [1.807, 2.05) is 26.0 Å². The summed E-state index contributed by atoms with van der Waals surface area (Å²) in [4.78, 5) is 32.7. The number of nitrogens with zero attached hydrogens (tertiary/aromatic N) is 2. The number of halogens is 1. The summed E-state index contributed by atoms with van der Waals surface area (Å²) in [5.74, 6) is -1.05. The number of hydrogen-bond donors (Lipinski definition) is 1. The molecular formula is C28H23ClN2O4S. The molecule has 0 aliphatic carbocycles. The normalized spacial score (nSPS) is 17.2. The van der Waals surface area contributed by atoms with Crippen LogP contribution in [0.2, 0.25) is 5.02 Å². The van der Waals surface area contributed by atoms with E-state index in [0.717, 1.165) is 16.7 Å². The van der Waals surface area contributed by atoms with Crippen molar-refractivity contribution in [3.8, 4) is 5.75 Å². The first-order chi connectivity index (χ1) is 17.4. The first-order valence-electron chi connectivity index (χ1n) is 11.5. The monoisotopic (exact) mass is 518 g/mol. The maximum Gasteiger partial charge on any atom is 0.301 e. The third-order valence-corrected chi connectivity index (χ3v) is 7.24. The van der Waals surface area contributed by atoms with E-state index in [1.54, 1.807) is 54.6 Å². The molecule has 182 valence electrons. The van der Waals surface area contributed by atoms with Crippen LogP contribution < -0.4 is 9.64 Å². The molecule has 3 aromatic carbocycles. The highest BCUT2D eigenvalue weighted by molar-refractivity contribution is 7.22. The van der Waals surface area contributed by atoms with Gasteiger partial charge in [0.05, 0.1) is 28.4 Å². The van der Waals surface area contributed by atoms with Crippen LogP contribution in [0.15, 0.2) is 72.3 Å². The van der Waals surface area contributed by atoms with Crippen molar-refractivity contribution in [1.82, 2.24) is 4.98 Å². The van der Waals surface area contributed by atoms with Crippen molar-refractivity contribution >= 4 is 55.7 Å². The minimum atomic E-state index is -0.859. The van der Waals surface area contributed by atoms with Gasteiger partial charge >= 0.3 is 5.91 Å². The quantitative estimate of drug-likeness (QED) is 0.175. The fourth-order valence-electron chi connectivity index (χ4n) is 4.17. The van der Waals surface area contributed by atoms with Gasteiger partial charge in [0, 0.05) is 10.6 Å². The molecule has 1 amide bonds. The molecule has 1 saturated heterocycles. The van der Waals surface area contributed by atoms with E-state index in [-0.39, 0.29) is 11.3 Å². The molecule has 0 saturated carbocycles. The lowest BCUT2D eigenvalue weighted by atomic mass is 9.95. The Balaban J connectivity index is 1.67. The molecule has 1 unspecified atom stereocenters. The summed E-state index contributed by atoms with van der Waals surface area (Å²) in [7, 11) is 0. The third-order valence-electron chi connectivity index (χ3n) is 5.98. The van der Waals surface area contributed by atoms with Gasteiger partial charge in [-0.05, 0) is 49.2 Å². The number of aryl methyl sites for hydroxylation is 1. The number of aromatic nitrogens is 1. The summed E-state index contributed by atoms with van der Waals surface area (Å²) in [5.41, 5.74) is 2.82. The number of aliphatic hydroxyl groups excluding tert-OH is 1. The number of hydrogen-bond acceptors (Lipinski definition) is 6.